The first-order chi connectivity index (χ1) is 14.2. The van der Waals surface area contributed by atoms with Crippen molar-refractivity contribution in [3.05, 3.63) is 58.6 Å². The fourth-order valence-corrected chi connectivity index (χ4v) is 3.35. The maximum Gasteiger partial charge on any atom is 0.321 e. The molecule has 160 valence electrons. The van der Waals surface area contributed by atoms with Crippen LogP contribution in [0.3, 0.4) is 0 Å². The normalized spacial score (nSPS) is 10.9. The summed E-state index contributed by atoms with van der Waals surface area (Å²) in [7, 11) is -1.24. The summed E-state index contributed by atoms with van der Waals surface area (Å²) in [5.74, 6) is -1.48. The number of para-hydroxylation sites is 1. The van der Waals surface area contributed by atoms with Crippen LogP contribution in [0.15, 0.2) is 53.4 Å². The number of anilines is 2. The summed E-state index contributed by atoms with van der Waals surface area (Å²) in [6.45, 7) is -1.32. The van der Waals surface area contributed by atoms with Crippen LogP contribution in [-0.2, 0) is 24.3 Å². The fraction of sp³-hybridized carbons (Fsp3) is 0.222. The molecule has 2 aromatic carbocycles. The molecule has 30 heavy (non-hydrogen) atoms. The summed E-state index contributed by atoms with van der Waals surface area (Å²) in [6.07, 6.45) is 0. The zero-order chi connectivity index (χ0) is 22.3. The number of nitro benzene ring substituents is 1. The maximum atomic E-state index is 12.3. The van der Waals surface area contributed by atoms with Crippen LogP contribution in [0.25, 0.3) is 0 Å². The summed E-state index contributed by atoms with van der Waals surface area (Å²) in [5, 5.41) is 13.7. The van der Waals surface area contributed by atoms with Crippen LogP contribution in [0.5, 0.6) is 0 Å². The van der Waals surface area contributed by atoms with Crippen molar-refractivity contribution in [3.63, 3.8) is 0 Å². The maximum absolute atomic E-state index is 12.3. The van der Waals surface area contributed by atoms with Gasteiger partial charge in [-0.3, -0.25) is 19.7 Å². The van der Waals surface area contributed by atoms with Gasteiger partial charge in [0.05, 0.1) is 9.82 Å². The Morgan fingerprint density at radius 3 is 2.43 bits per heavy atom. The van der Waals surface area contributed by atoms with E-state index in [1.807, 2.05) is 4.72 Å². The standard InChI is InChI=1S/C18H20N4O7S/c1-19-15-9-8-14(10-16(15)22(25)26)30(27,28)20-11-18(24)29-12-17(23)21(2)13-6-4-3-5-7-13/h3-10,19-20H,11-12H2,1-2H3. The monoisotopic (exact) mass is 436 g/mol. The Labute approximate surface area is 172 Å². The minimum absolute atomic E-state index is 0.138. The molecule has 12 heteroatoms. The molecule has 0 unspecified atom stereocenters. The van der Waals surface area contributed by atoms with Gasteiger partial charge < -0.3 is 15.0 Å². The highest BCUT2D eigenvalue weighted by Gasteiger charge is 2.22. The molecule has 0 heterocycles. The highest BCUT2D eigenvalue weighted by molar-refractivity contribution is 7.89. The number of nitrogens with zero attached hydrogens (tertiary/aromatic N) is 2. The van der Waals surface area contributed by atoms with Gasteiger partial charge in [0, 0.05) is 25.8 Å². The van der Waals surface area contributed by atoms with Gasteiger partial charge in [0.1, 0.15) is 12.2 Å². The number of ether oxygens (including phenoxy) is 1. The van der Waals surface area contributed by atoms with Gasteiger partial charge in [0.2, 0.25) is 10.0 Å². The molecule has 0 spiro atoms. The first kappa shape index (κ1) is 22.8. The van der Waals surface area contributed by atoms with Crippen molar-refractivity contribution in [2.45, 2.75) is 4.90 Å². The van der Waals surface area contributed by atoms with Crippen molar-refractivity contribution in [2.24, 2.45) is 0 Å². The van der Waals surface area contributed by atoms with Crippen molar-refractivity contribution >= 4 is 39.0 Å². The summed E-state index contributed by atoms with van der Waals surface area (Å²) in [5.41, 5.74) is 0.308. The van der Waals surface area contributed by atoms with Crippen molar-refractivity contribution in [2.75, 3.05) is 37.5 Å². The Hall–Kier alpha value is -3.51. The summed E-state index contributed by atoms with van der Waals surface area (Å²) >= 11 is 0. The van der Waals surface area contributed by atoms with Crippen molar-refractivity contribution in [1.29, 1.82) is 0 Å². The number of carbonyl (C=O) groups is 2. The highest BCUT2D eigenvalue weighted by atomic mass is 32.2. The summed E-state index contributed by atoms with van der Waals surface area (Å²) in [6, 6.07) is 11.9. The van der Waals surface area contributed by atoms with E-state index >= 15 is 0 Å². The molecule has 0 aliphatic rings. The molecule has 2 N–H and O–H groups in total. The van der Waals surface area contributed by atoms with Gasteiger partial charge in [-0.05, 0) is 24.3 Å². The predicted molar refractivity (Wildman–Crippen MR) is 109 cm³/mol. The predicted octanol–water partition coefficient (Wildman–Crippen LogP) is 1.12. The van der Waals surface area contributed by atoms with Crippen LogP contribution >= 0.6 is 0 Å². The molecule has 2 aromatic rings. The smallest absolute Gasteiger partial charge is 0.321 e. The molecule has 0 radical (unpaired) electrons. The van der Waals surface area contributed by atoms with Crippen LogP contribution in [-0.4, -0.2) is 52.5 Å². The van der Waals surface area contributed by atoms with E-state index in [0.29, 0.717) is 5.69 Å². The highest BCUT2D eigenvalue weighted by Crippen LogP contribution is 2.26. The number of esters is 1. The third-order valence-corrected chi connectivity index (χ3v) is 5.43. The number of rotatable bonds is 9. The number of benzene rings is 2. The van der Waals surface area contributed by atoms with Crippen LogP contribution in [0, 0.1) is 10.1 Å². The first-order valence-corrected chi connectivity index (χ1v) is 10.1. The molecule has 1 amide bonds. The van der Waals surface area contributed by atoms with Gasteiger partial charge in [-0.15, -0.1) is 0 Å². The quantitative estimate of drug-likeness (QED) is 0.338. The van der Waals surface area contributed by atoms with Crippen molar-refractivity contribution in [3.8, 4) is 0 Å². The van der Waals surface area contributed by atoms with Gasteiger partial charge in [0.15, 0.2) is 6.61 Å². The van der Waals surface area contributed by atoms with E-state index in [0.717, 1.165) is 12.1 Å². The largest absolute Gasteiger partial charge is 0.455 e. The Morgan fingerprint density at radius 2 is 1.83 bits per heavy atom. The van der Waals surface area contributed by atoms with Gasteiger partial charge in [0.25, 0.3) is 11.6 Å². The molecule has 0 aliphatic carbocycles. The minimum atomic E-state index is -4.21. The van der Waals surface area contributed by atoms with E-state index in [1.165, 1.54) is 25.1 Å². The average molecular weight is 436 g/mol. The Bertz CT molecular complexity index is 1040. The van der Waals surface area contributed by atoms with Gasteiger partial charge in [-0.25, -0.2) is 8.42 Å². The zero-order valence-electron chi connectivity index (χ0n) is 16.2. The number of likely N-dealkylation sites (N-methyl/N-ethyl adjacent to an activating group) is 1. The molecular weight excluding hydrogens is 416 g/mol. The van der Waals surface area contributed by atoms with Gasteiger partial charge in [-0.1, -0.05) is 18.2 Å². The molecule has 11 nitrogen and oxygen atoms in total. The third kappa shape index (κ3) is 5.75. The Balaban J connectivity index is 1.94. The fourth-order valence-electron chi connectivity index (χ4n) is 2.36. The molecule has 0 saturated carbocycles. The molecule has 0 aromatic heterocycles. The number of carbonyl (C=O) groups excluding carboxylic acids is 2. The molecule has 0 bridgehead atoms. The second-order valence-corrected chi connectivity index (χ2v) is 7.73. The third-order valence-electron chi connectivity index (χ3n) is 4.03. The SMILES string of the molecule is CNc1ccc(S(=O)(=O)NCC(=O)OCC(=O)N(C)c2ccccc2)cc1[N+](=O)[O-]. The van der Waals surface area contributed by atoms with E-state index in [1.54, 1.807) is 30.3 Å². The Kier molecular flexibility index (Phi) is 7.44. The lowest BCUT2D eigenvalue weighted by Crippen LogP contribution is -2.34. The number of nitro groups is 1. The molecule has 0 fully saturated rings. The molecule has 2 rings (SSSR count). The number of amides is 1. The Morgan fingerprint density at radius 1 is 1.17 bits per heavy atom. The van der Waals surface area contributed by atoms with Gasteiger partial charge >= 0.3 is 5.97 Å². The van der Waals surface area contributed by atoms with E-state index in [-0.39, 0.29) is 10.6 Å². The van der Waals surface area contributed by atoms with Crippen LogP contribution in [0.1, 0.15) is 0 Å². The van der Waals surface area contributed by atoms with Crippen LogP contribution in [0.4, 0.5) is 17.1 Å². The molecule has 0 atom stereocenters. The van der Waals surface area contributed by atoms with Crippen molar-refractivity contribution in [1.82, 2.24) is 4.72 Å². The van der Waals surface area contributed by atoms with E-state index < -0.39 is 45.7 Å². The molecule has 0 aliphatic heterocycles. The second-order valence-electron chi connectivity index (χ2n) is 5.96. The number of hydrogen-bond acceptors (Lipinski definition) is 8. The topological polar surface area (TPSA) is 148 Å². The molecule has 0 saturated heterocycles. The van der Waals surface area contributed by atoms with Gasteiger partial charge in [-0.2, -0.15) is 4.72 Å². The first-order valence-electron chi connectivity index (χ1n) is 8.59. The minimum Gasteiger partial charge on any atom is -0.455 e. The van der Waals surface area contributed by atoms with Crippen LogP contribution < -0.4 is 14.9 Å². The lowest BCUT2D eigenvalue weighted by Gasteiger charge is -2.17. The summed E-state index contributed by atoms with van der Waals surface area (Å²) in [4.78, 5) is 35.1. The number of sulfonamides is 1. The molecular formula is C18H20N4O7S. The second kappa shape index (κ2) is 9.80. The zero-order valence-corrected chi connectivity index (χ0v) is 17.0. The van der Waals surface area contributed by atoms with E-state index in [4.69, 9.17) is 4.74 Å². The lowest BCUT2D eigenvalue weighted by atomic mass is 10.3. The van der Waals surface area contributed by atoms with Crippen LogP contribution in [0.2, 0.25) is 0 Å². The van der Waals surface area contributed by atoms with E-state index in [9.17, 15) is 28.1 Å². The van der Waals surface area contributed by atoms with E-state index in [2.05, 4.69) is 5.32 Å². The average Bonchev–Trinajstić information content (AvgIpc) is 2.75. The van der Waals surface area contributed by atoms with Crippen molar-refractivity contribution < 1.29 is 27.7 Å². The number of hydrogen-bond donors (Lipinski definition) is 2. The number of nitrogens with one attached hydrogen (secondary N) is 2. The summed E-state index contributed by atoms with van der Waals surface area (Å²) < 4.78 is 31.4. The lowest BCUT2D eigenvalue weighted by molar-refractivity contribution is -0.384.